The molecule has 1 saturated carbocycles. The van der Waals surface area contributed by atoms with Gasteiger partial charge < -0.3 is 15.5 Å². The third kappa shape index (κ3) is 2.13. The summed E-state index contributed by atoms with van der Waals surface area (Å²) >= 11 is 0. The minimum atomic E-state index is 0.122. The smallest absolute Gasteiger partial charge is 0.170 e. The number of aromatic nitrogens is 2. The molecule has 0 aliphatic heterocycles. The van der Waals surface area contributed by atoms with Crippen molar-refractivity contribution in [3.63, 3.8) is 0 Å². The molecule has 1 aromatic carbocycles. The van der Waals surface area contributed by atoms with E-state index in [9.17, 15) is 0 Å². The maximum absolute atomic E-state index is 8.76. The van der Waals surface area contributed by atoms with E-state index in [1.807, 2.05) is 18.2 Å². The molecule has 1 aromatic heterocycles. The number of hydrogen-bond acceptors (Lipinski definition) is 3. The first-order valence-electron chi connectivity index (χ1n) is 7.15. The summed E-state index contributed by atoms with van der Waals surface area (Å²) in [6, 6.07) is 5.74. The fraction of sp³-hybridized carbons (Fsp3) is 0.467. The Hall–Kier alpha value is -2.04. The Bertz CT molecular complexity index is 653. The molecule has 5 nitrogen and oxygen atoms in total. The SMILES string of the molecule is Cn1c(C2CCCCC2)nc2cc(/C(N)=N/O)ccc21. The average Bonchev–Trinajstić information content (AvgIpc) is 2.84. The van der Waals surface area contributed by atoms with Gasteiger partial charge in [-0.25, -0.2) is 4.98 Å². The monoisotopic (exact) mass is 272 g/mol. The van der Waals surface area contributed by atoms with E-state index in [1.54, 1.807) is 0 Å². The maximum atomic E-state index is 8.76. The molecule has 3 rings (SSSR count). The number of hydrogen-bond donors (Lipinski definition) is 2. The van der Waals surface area contributed by atoms with Crippen LogP contribution in [0.1, 0.15) is 49.4 Å². The highest BCUT2D eigenvalue weighted by molar-refractivity contribution is 5.99. The second kappa shape index (κ2) is 5.15. The van der Waals surface area contributed by atoms with Crippen LogP contribution >= 0.6 is 0 Å². The zero-order chi connectivity index (χ0) is 14.1. The molecular weight excluding hydrogens is 252 g/mol. The van der Waals surface area contributed by atoms with E-state index in [0.717, 1.165) is 16.9 Å². The Kier molecular flexibility index (Phi) is 3.34. The van der Waals surface area contributed by atoms with Crippen molar-refractivity contribution in [2.24, 2.45) is 17.9 Å². The summed E-state index contributed by atoms with van der Waals surface area (Å²) < 4.78 is 2.18. The van der Waals surface area contributed by atoms with Crippen LogP contribution < -0.4 is 5.73 Å². The quantitative estimate of drug-likeness (QED) is 0.382. The molecule has 1 fully saturated rings. The van der Waals surface area contributed by atoms with Crippen molar-refractivity contribution in [2.75, 3.05) is 0 Å². The van der Waals surface area contributed by atoms with E-state index in [0.29, 0.717) is 11.5 Å². The minimum absolute atomic E-state index is 0.122. The Balaban J connectivity index is 2.04. The number of amidine groups is 1. The van der Waals surface area contributed by atoms with Crippen LogP contribution in [0.4, 0.5) is 0 Å². The van der Waals surface area contributed by atoms with Crippen molar-refractivity contribution >= 4 is 16.9 Å². The van der Waals surface area contributed by atoms with Crippen molar-refractivity contribution in [3.05, 3.63) is 29.6 Å². The molecule has 0 bridgehead atoms. The highest BCUT2D eigenvalue weighted by atomic mass is 16.4. The zero-order valence-electron chi connectivity index (χ0n) is 11.7. The summed E-state index contributed by atoms with van der Waals surface area (Å²) in [5, 5.41) is 11.8. The van der Waals surface area contributed by atoms with Gasteiger partial charge in [-0.2, -0.15) is 0 Å². The van der Waals surface area contributed by atoms with Crippen LogP contribution in [0.15, 0.2) is 23.4 Å². The van der Waals surface area contributed by atoms with E-state index in [4.69, 9.17) is 15.9 Å². The number of nitrogens with zero attached hydrogens (tertiary/aromatic N) is 3. The van der Waals surface area contributed by atoms with Crippen molar-refractivity contribution < 1.29 is 5.21 Å². The van der Waals surface area contributed by atoms with E-state index in [-0.39, 0.29) is 5.84 Å². The second-order valence-electron chi connectivity index (χ2n) is 5.55. The number of rotatable bonds is 2. The number of fused-ring (bicyclic) bond motifs is 1. The third-order valence-electron chi connectivity index (χ3n) is 4.29. The zero-order valence-corrected chi connectivity index (χ0v) is 11.7. The van der Waals surface area contributed by atoms with Crippen LogP contribution in [0, 0.1) is 0 Å². The van der Waals surface area contributed by atoms with E-state index in [1.165, 1.54) is 32.1 Å². The van der Waals surface area contributed by atoms with Gasteiger partial charge in [-0.1, -0.05) is 24.4 Å². The van der Waals surface area contributed by atoms with Crippen LogP contribution in [-0.4, -0.2) is 20.6 Å². The largest absolute Gasteiger partial charge is 0.409 e. The number of aryl methyl sites for hydroxylation is 1. The van der Waals surface area contributed by atoms with Crippen molar-refractivity contribution in [1.29, 1.82) is 0 Å². The topological polar surface area (TPSA) is 76.4 Å². The minimum Gasteiger partial charge on any atom is -0.409 e. The summed E-state index contributed by atoms with van der Waals surface area (Å²) in [6.07, 6.45) is 6.38. The summed E-state index contributed by atoms with van der Waals surface area (Å²) in [6.45, 7) is 0. The molecule has 1 aliphatic rings. The first-order chi connectivity index (χ1) is 9.70. The molecule has 0 radical (unpaired) electrons. The van der Waals surface area contributed by atoms with E-state index in [2.05, 4.69) is 16.8 Å². The summed E-state index contributed by atoms with van der Waals surface area (Å²) in [5.74, 6) is 1.85. The summed E-state index contributed by atoms with van der Waals surface area (Å²) in [5.41, 5.74) is 8.35. The van der Waals surface area contributed by atoms with Gasteiger partial charge in [-0.05, 0) is 31.0 Å². The van der Waals surface area contributed by atoms with Gasteiger partial charge in [0.1, 0.15) is 5.82 Å². The van der Waals surface area contributed by atoms with Crippen LogP contribution in [-0.2, 0) is 7.05 Å². The van der Waals surface area contributed by atoms with Gasteiger partial charge in [0, 0.05) is 18.5 Å². The molecule has 0 unspecified atom stereocenters. The predicted octanol–water partition coefficient (Wildman–Crippen LogP) is 2.72. The average molecular weight is 272 g/mol. The van der Waals surface area contributed by atoms with Gasteiger partial charge in [0.05, 0.1) is 11.0 Å². The lowest BCUT2D eigenvalue weighted by Gasteiger charge is -2.20. The lowest BCUT2D eigenvalue weighted by molar-refractivity contribution is 0.318. The summed E-state index contributed by atoms with van der Waals surface area (Å²) in [7, 11) is 2.07. The number of oxime groups is 1. The van der Waals surface area contributed by atoms with Gasteiger partial charge in [0.2, 0.25) is 0 Å². The van der Waals surface area contributed by atoms with Crippen LogP contribution in [0.25, 0.3) is 11.0 Å². The van der Waals surface area contributed by atoms with Gasteiger partial charge in [-0.3, -0.25) is 0 Å². The van der Waals surface area contributed by atoms with E-state index < -0.39 is 0 Å². The molecule has 5 heteroatoms. The van der Waals surface area contributed by atoms with Gasteiger partial charge in [-0.15, -0.1) is 0 Å². The van der Waals surface area contributed by atoms with Crippen LogP contribution in [0.5, 0.6) is 0 Å². The lowest BCUT2D eigenvalue weighted by Crippen LogP contribution is -2.12. The molecule has 0 atom stereocenters. The first-order valence-corrected chi connectivity index (χ1v) is 7.15. The predicted molar refractivity (Wildman–Crippen MR) is 79.1 cm³/mol. The Morgan fingerprint density at radius 2 is 2.10 bits per heavy atom. The maximum Gasteiger partial charge on any atom is 0.170 e. The molecule has 1 aliphatic carbocycles. The second-order valence-corrected chi connectivity index (χ2v) is 5.55. The van der Waals surface area contributed by atoms with Gasteiger partial charge in [0.15, 0.2) is 5.84 Å². The summed E-state index contributed by atoms with van der Waals surface area (Å²) in [4.78, 5) is 4.78. The molecular formula is C15H20N4O. The van der Waals surface area contributed by atoms with Gasteiger partial charge >= 0.3 is 0 Å². The Morgan fingerprint density at radius 1 is 1.35 bits per heavy atom. The fourth-order valence-electron chi connectivity index (χ4n) is 3.16. The molecule has 2 aromatic rings. The molecule has 1 heterocycles. The van der Waals surface area contributed by atoms with Crippen LogP contribution in [0.3, 0.4) is 0 Å². The Morgan fingerprint density at radius 3 is 2.80 bits per heavy atom. The molecule has 0 saturated heterocycles. The fourth-order valence-corrected chi connectivity index (χ4v) is 3.16. The number of nitrogens with two attached hydrogens (primary N) is 1. The molecule has 0 amide bonds. The van der Waals surface area contributed by atoms with E-state index >= 15 is 0 Å². The third-order valence-corrected chi connectivity index (χ3v) is 4.29. The molecule has 20 heavy (non-hydrogen) atoms. The molecule has 3 N–H and O–H groups in total. The van der Waals surface area contributed by atoms with Gasteiger partial charge in [0.25, 0.3) is 0 Å². The normalized spacial score (nSPS) is 17.8. The van der Waals surface area contributed by atoms with Crippen molar-refractivity contribution in [3.8, 4) is 0 Å². The van der Waals surface area contributed by atoms with Crippen LogP contribution in [0.2, 0.25) is 0 Å². The standard InChI is InChI=1S/C15H20N4O/c1-19-13-8-7-11(14(16)18-20)9-12(13)17-15(19)10-5-3-2-4-6-10/h7-10,20H,2-6H2,1H3,(H2,16,18). The highest BCUT2D eigenvalue weighted by Gasteiger charge is 2.21. The molecule has 106 valence electrons. The van der Waals surface area contributed by atoms with Crippen molar-refractivity contribution in [1.82, 2.24) is 9.55 Å². The lowest BCUT2D eigenvalue weighted by atomic mass is 9.89. The first kappa shape index (κ1) is 13.0. The van der Waals surface area contributed by atoms with Crippen molar-refractivity contribution in [2.45, 2.75) is 38.0 Å². The number of imidazole rings is 1. The molecule has 0 spiro atoms. The Labute approximate surface area is 118 Å². The highest BCUT2D eigenvalue weighted by Crippen LogP contribution is 2.33. The number of benzene rings is 1.